The average molecular weight is 200 g/mol. The fourth-order valence-corrected chi connectivity index (χ4v) is 1.39. The third kappa shape index (κ3) is 1.86. The molecular weight excluding hydrogens is 190 g/mol. The Hall–Kier alpha value is -0.960. The molecule has 0 radical (unpaired) electrons. The number of amides is 1. The molecule has 0 aromatic carbocycles. The zero-order valence-corrected chi connectivity index (χ0v) is 7.80. The summed E-state index contributed by atoms with van der Waals surface area (Å²) in [6.45, 7) is 0. The number of hydrogen-bond acceptors (Lipinski definition) is 2. The Morgan fingerprint density at radius 2 is 2.31 bits per heavy atom. The van der Waals surface area contributed by atoms with E-state index in [1.165, 1.54) is 6.42 Å². The van der Waals surface area contributed by atoms with Gasteiger partial charge in [0.2, 0.25) is 0 Å². The van der Waals surface area contributed by atoms with Gasteiger partial charge in [0.25, 0.3) is 5.91 Å². The Labute approximate surface area is 81.1 Å². The van der Waals surface area contributed by atoms with E-state index in [-0.39, 0.29) is 16.9 Å². The second-order valence-corrected chi connectivity index (χ2v) is 3.58. The first kappa shape index (κ1) is 8.63. The molecule has 0 spiro atoms. The van der Waals surface area contributed by atoms with Gasteiger partial charge in [0.1, 0.15) is 0 Å². The second-order valence-electron chi connectivity index (χ2n) is 3.21. The molecule has 13 heavy (non-hydrogen) atoms. The Kier molecular flexibility index (Phi) is 2.27. The second kappa shape index (κ2) is 3.42. The van der Waals surface area contributed by atoms with Crippen LogP contribution < -0.4 is 5.32 Å². The zero-order valence-electron chi connectivity index (χ0n) is 7.05. The summed E-state index contributed by atoms with van der Waals surface area (Å²) < 4.78 is 4.97. The van der Waals surface area contributed by atoms with Crippen molar-refractivity contribution in [2.45, 2.75) is 25.3 Å². The van der Waals surface area contributed by atoms with Crippen LogP contribution in [0.2, 0.25) is 5.22 Å². The van der Waals surface area contributed by atoms with E-state index in [0.29, 0.717) is 6.04 Å². The normalized spacial score (nSPS) is 16.7. The van der Waals surface area contributed by atoms with Gasteiger partial charge in [-0.2, -0.15) is 0 Å². The van der Waals surface area contributed by atoms with Crippen LogP contribution in [0.3, 0.4) is 0 Å². The van der Waals surface area contributed by atoms with Gasteiger partial charge >= 0.3 is 0 Å². The molecule has 2 rings (SSSR count). The Morgan fingerprint density at radius 3 is 2.77 bits per heavy atom. The first-order chi connectivity index (χ1) is 6.25. The lowest BCUT2D eigenvalue weighted by molar-refractivity contribution is 0.0889. The summed E-state index contributed by atoms with van der Waals surface area (Å²) in [4.78, 5) is 11.4. The van der Waals surface area contributed by atoms with E-state index in [9.17, 15) is 4.79 Å². The lowest BCUT2D eigenvalue weighted by atomic mass is 9.93. The molecule has 1 aromatic heterocycles. The van der Waals surface area contributed by atoms with E-state index in [1.54, 1.807) is 12.1 Å². The summed E-state index contributed by atoms with van der Waals surface area (Å²) in [7, 11) is 0. The van der Waals surface area contributed by atoms with Crippen LogP contribution in [-0.4, -0.2) is 11.9 Å². The molecule has 1 saturated carbocycles. The zero-order chi connectivity index (χ0) is 9.26. The van der Waals surface area contributed by atoms with Crippen LogP contribution in [0.25, 0.3) is 0 Å². The highest BCUT2D eigenvalue weighted by Crippen LogP contribution is 2.19. The molecule has 0 atom stereocenters. The Balaban J connectivity index is 1.96. The molecule has 1 heterocycles. The summed E-state index contributed by atoms with van der Waals surface area (Å²) in [5, 5.41) is 3.10. The van der Waals surface area contributed by atoms with Crippen molar-refractivity contribution >= 4 is 17.5 Å². The first-order valence-corrected chi connectivity index (χ1v) is 4.70. The van der Waals surface area contributed by atoms with Gasteiger partial charge in [-0.05, 0) is 43.0 Å². The fraction of sp³-hybridized carbons (Fsp3) is 0.444. The van der Waals surface area contributed by atoms with Crippen LogP contribution in [-0.2, 0) is 0 Å². The van der Waals surface area contributed by atoms with Gasteiger partial charge in [-0.3, -0.25) is 4.79 Å². The molecule has 1 aliphatic carbocycles. The van der Waals surface area contributed by atoms with Crippen LogP contribution in [0.15, 0.2) is 16.5 Å². The molecule has 1 N–H and O–H groups in total. The monoisotopic (exact) mass is 199 g/mol. The highest BCUT2D eigenvalue weighted by atomic mass is 35.5. The van der Waals surface area contributed by atoms with Gasteiger partial charge in [-0.25, -0.2) is 0 Å². The Morgan fingerprint density at radius 1 is 1.54 bits per heavy atom. The number of halogens is 1. The minimum Gasteiger partial charge on any atom is -0.440 e. The van der Waals surface area contributed by atoms with Crippen molar-refractivity contribution < 1.29 is 9.21 Å². The first-order valence-electron chi connectivity index (χ1n) is 4.32. The van der Waals surface area contributed by atoms with E-state index in [1.807, 2.05) is 0 Å². The van der Waals surface area contributed by atoms with Crippen LogP contribution >= 0.6 is 11.6 Å². The highest BCUT2D eigenvalue weighted by Gasteiger charge is 2.21. The number of carbonyl (C=O) groups excluding carboxylic acids is 1. The molecule has 1 aromatic rings. The molecule has 1 amide bonds. The standard InChI is InChI=1S/C9H10ClNO2/c10-8-5-4-7(13-8)9(12)11-6-2-1-3-6/h4-6H,1-3H2,(H,11,12). The third-order valence-corrected chi connectivity index (χ3v) is 2.44. The molecule has 0 aliphatic heterocycles. The van der Waals surface area contributed by atoms with Gasteiger partial charge in [-0.15, -0.1) is 0 Å². The smallest absolute Gasteiger partial charge is 0.287 e. The van der Waals surface area contributed by atoms with Crippen LogP contribution in [0, 0.1) is 0 Å². The number of hydrogen-bond donors (Lipinski definition) is 1. The Bertz CT molecular complexity index is 317. The summed E-state index contributed by atoms with van der Waals surface area (Å²) in [5.74, 6) is 0.119. The van der Waals surface area contributed by atoms with Gasteiger partial charge in [-0.1, -0.05) is 0 Å². The van der Waals surface area contributed by atoms with Crippen molar-refractivity contribution in [3.8, 4) is 0 Å². The van der Waals surface area contributed by atoms with Crippen molar-refractivity contribution in [3.63, 3.8) is 0 Å². The molecule has 70 valence electrons. The molecule has 3 nitrogen and oxygen atoms in total. The van der Waals surface area contributed by atoms with Gasteiger partial charge in [0.15, 0.2) is 11.0 Å². The van der Waals surface area contributed by atoms with E-state index in [0.717, 1.165) is 12.8 Å². The quantitative estimate of drug-likeness (QED) is 0.794. The maximum atomic E-state index is 11.4. The molecule has 0 unspecified atom stereocenters. The van der Waals surface area contributed by atoms with Crippen LogP contribution in [0.1, 0.15) is 29.8 Å². The average Bonchev–Trinajstić information content (AvgIpc) is 2.44. The van der Waals surface area contributed by atoms with E-state index in [2.05, 4.69) is 5.32 Å². The predicted octanol–water partition coefficient (Wildman–Crippen LogP) is 2.22. The molecule has 1 fully saturated rings. The number of carbonyl (C=O) groups is 1. The van der Waals surface area contributed by atoms with Crippen LogP contribution in [0.5, 0.6) is 0 Å². The topological polar surface area (TPSA) is 42.2 Å². The number of rotatable bonds is 2. The van der Waals surface area contributed by atoms with Gasteiger partial charge < -0.3 is 9.73 Å². The SMILES string of the molecule is O=C(NC1CCC1)c1ccc(Cl)o1. The molecular formula is C9H10ClNO2. The fourth-order valence-electron chi connectivity index (χ4n) is 1.25. The third-order valence-electron chi connectivity index (χ3n) is 2.24. The minimum absolute atomic E-state index is 0.170. The lowest BCUT2D eigenvalue weighted by Crippen LogP contribution is -2.39. The molecule has 0 saturated heterocycles. The van der Waals surface area contributed by atoms with Crippen molar-refractivity contribution in [1.82, 2.24) is 5.32 Å². The molecule has 4 heteroatoms. The van der Waals surface area contributed by atoms with E-state index >= 15 is 0 Å². The summed E-state index contributed by atoms with van der Waals surface area (Å²) in [6, 6.07) is 3.48. The number of nitrogens with one attached hydrogen (secondary N) is 1. The van der Waals surface area contributed by atoms with E-state index < -0.39 is 0 Å². The van der Waals surface area contributed by atoms with Crippen molar-refractivity contribution in [2.24, 2.45) is 0 Å². The van der Waals surface area contributed by atoms with Crippen molar-refractivity contribution in [3.05, 3.63) is 23.1 Å². The molecule has 0 bridgehead atoms. The van der Waals surface area contributed by atoms with Gasteiger partial charge in [0, 0.05) is 6.04 Å². The van der Waals surface area contributed by atoms with Crippen LogP contribution in [0.4, 0.5) is 0 Å². The maximum Gasteiger partial charge on any atom is 0.287 e. The summed E-state index contributed by atoms with van der Waals surface area (Å²) in [5.41, 5.74) is 0. The minimum atomic E-state index is -0.170. The summed E-state index contributed by atoms with van der Waals surface area (Å²) >= 11 is 5.54. The largest absolute Gasteiger partial charge is 0.440 e. The van der Waals surface area contributed by atoms with Gasteiger partial charge in [0.05, 0.1) is 0 Å². The number of furan rings is 1. The maximum absolute atomic E-state index is 11.4. The molecule has 1 aliphatic rings. The predicted molar refractivity (Wildman–Crippen MR) is 48.8 cm³/mol. The highest BCUT2D eigenvalue weighted by molar-refractivity contribution is 6.29. The van der Waals surface area contributed by atoms with E-state index in [4.69, 9.17) is 16.0 Å². The van der Waals surface area contributed by atoms with Crippen molar-refractivity contribution in [1.29, 1.82) is 0 Å². The lowest BCUT2D eigenvalue weighted by Gasteiger charge is -2.25. The summed E-state index contributed by atoms with van der Waals surface area (Å²) in [6.07, 6.45) is 3.34. The van der Waals surface area contributed by atoms with Crippen molar-refractivity contribution in [2.75, 3.05) is 0 Å².